The van der Waals surface area contributed by atoms with Crippen LogP contribution < -0.4 is 20.5 Å². The zero-order valence-corrected chi connectivity index (χ0v) is 22.8. The molecular weight excluding hydrogens is 516 g/mol. The molecule has 0 radical (unpaired) electrons. The summed E-state index contributed by atoms with van der Waals surface area (Å²) in [5.74, 6) is -0.353. The highest BCUT2D eigenvalue weighted by Gasteiger charge is 2.22. The zero-order valence-electron chi connectivity index (χ0n) is 22.8. The number of nitrogens with zero attached hydrogens (tertiary/aromatic N) is 4. The van der Waals surface area contributed by atoms with Gasteiger partial charge in [-0.1, -0.05) is 6.07 Å². The monoisotopic (exact) mass is 546 g/mol. The molecule has 40 heavy (non-hydrogen) atoms. The summed E-state index contributed by atoms with van der Waals surface area (Å²) < 4.78 is 24.9. The van der Waals surface area contributed by atoms with Crippen LogP contribution in [-0.2, 0) is 16.0 Å². The van der Waals surface area contributed by atoms with Crippen molar-refractivity contribution in [2.45, 2.75) is 46.8 Å². The van der Waals surface area contributed by atoms with E-state index in [0.29, 0.717) is 35.8 Å². The largest absolute Gasteiger partial charge is 0.462 e. The van der Waals surface area contributed by atoms with E-state index in [-0.39, 0.29) is 53.6 Å². The number of aryl methyl sites for hydroxylation is 2. The average Bonchev–Trinajstić information content (AvgIpc) is 3.40. The molecule has 1 aliphatic rings. The van der Waals surface area contributed by atoms with E-state index < -0.39 is 11.9 Å². The Balaban J connectivity index is 1.78. The Morgan fingerprint density at radius 3 is 2.70 bits per heavy atom. The van der Waals surface area contributed by atoms with E-state index in [1.54, 1.807) is 42.0 Å². The van der Waals surface area contributed by atoms with Gasteiger partial charge in [0, 0.05) is 24.9 Å². The molecule has 11 nitrogen and oxygen atoms in total. The van der Waals surface area contributed by atoms with Gasteiger partial charge in [0.05, 0.1) is 18.1 Å². The number of carbonyl (C=O) groups excluding carboxylic acids is 2. The first kappa shape index (κ1) is 27.1. The predicted molar refractivity (Wildman–Crippen MR) is 146 cm³/mol. The van der Waals surface area contributed by atoms with Crippen LogP contribution in [-0.4, -0.2) is 51.9 Å². The van der Waals surface area contributed by atoms with Crippen LogP contribution in [0.5, 0.6) is 11.5 Å². The van der Waals surface area contributed by atoms with Crippen molar-refractivity contribution in [2.75, 3.05) is 20.0 Å². The number of hydrogen-bond acceptors (Lipinski definition) is 8. The van der Waals surface area contributed by atoms with E-state index in [1.165, 1.54) is 10.5 Å². The molecule has 0 N–H and O–H groups in total. The SMILES string of the molecule is CCOC(=O)c1cc2c(=O)n3cccc(C)c3nc2n(CCCOC(C)C)c1=NC(=O)c1ccc2c(c1)OCO2. The molecule has 0 aliphatic carbocycles. The van der Waals surface area contributed by atoms with Gasteiger partial charge in [0.1, 0.15) is 16.9 Å². The van der Waals surface area contributed by atoms with Crippen LogP contribution in [0.2, 0.25) is 0 Å². The molecule has 0 atom stereocenters. The number of benzene rings is 1. The van der Waals surface area contributed by atoms with Crippen molar-refractivity contribution in [3.8, 4) is 11.5 Å². The summed E-state index contributed by atoms with van der Waals surface area (Å²) >= 11 is 0. The number of pyridine rings is 2. The minimum atomic E-state index is -0.706. The van der Waals surface area contributed by atoms with Gasteiger partial charge in [0.15, 0.2) is 17.0 Å². The minimum Gasteiger partial charge on any atom is -0.462 e. The summed E-state index contributed by atoms with van der Waals surface area (Å²) in [5, 5.41) is 0.199. The van der Waals surface area contributed by atoms with Gasteiger partial charge in [-0.25, -0.2) is 9.78 Å². The first-order valence-corrected chi connectivity index (χ1v) is 13.1. The fourth-order valence-corrected chi connectivity index (χ4v) is 4.51. The van der Waals surface area contributed by atoms with Gasteiger partial charge in [-0.05, 0) is 70.0 Å². The Kier molecular flexibility index (Phi) is 7.65. The lowest BCUT2D eigenvalue weighted by Gasteiger charge is -2.16. The van der Waals surface area contributed by atoms with Crippen LogP contribution in [0.3, 0.4) is 0 Å². The second-order valence-corrected chi connectivity index (χ2v) is 9.55. The lowest BCUT2D eigenvalue weighted by Crippen LogP contribution is -2.33. The van der Waals surface area contributed by atoms with Crippen LogP contribution in [0.1, 0.15) is 53.5 Å². The molecule has 0 saturated carbocycles. The Hall–Kier alpha value is -4.51. The first-order chi connectivity index (χ1) is 19.3. The lowest BCUT2D eigenvalue weighted by molar-refractivity contribution is 0.0523. The Labute approximate surface area is 229 Å². The third-order valence-electron chi connectivity index (χ3n) is 6.40. The topological polar surface area (TPSA) is 123 Å². The van der Waals surface area contributed by atoms with E-state index in [2.05, 4.69) is 4.99 Å². The van der Waals surface area contributed by atoms with E-state index in [0.717, 1.165) is 5.56 Å². The molecule has 0 spiro atoms. The van der Waals surface area contributed by atoms with Crippen molar-refractivity contribution in [1.29, 1.82) is 0 Å². The van der Waals surface area contributed by atoms with Crippen LogP contribution in [0.4, 0.5) is 0 Å². The summed E-state index contributed by atoms with van der Waals surface area (Å²) in [6.45, 7) is 8.26. The van der Waals surface area contributed by atoms with Crippen molar-refractivity contribution in [3.63, 3.8) is 0 Å². The third-order valence-corrected chi connectivity index (χ3v) is 6.40. The molecule has 11 heteroatoms. The Morgan fingerprint density at radius 2 is 1.93 bits per heavy atom. The quantitative estimate of drug-likeness (QED) is 0.187. The van der Waals surface area contributed by atoms with Gasteiger partial charge in [-0.3, -0.25) is 14.0 Å². The number of aromatic nitrogens is 3. The molecule has 0 fully saturated rings. The maximum absolute atomic E-state index is 13.6. The van der Waals surface area contributed by atoms with E-state index in [4.69, 9.17) is 23.9 Å². The highest BCUT2D eigenvalue weighted by molar-refractivity contribution is 5.97. The number of hydrogen-bond donors (Lipinski definition) is 0. The zero-order chi connectivity index (χ0) is 28.4. The second kappa shape index (κ2) is 11.3. The van der Waals surface area contributed by atoms with Crippen molar-refractivity contribution >= 4 is 28.6 Å². The van der Waals surface area contributed by atoms with E-state index in [1.807, 2.05) is 26.8 Å². The molecule has 0 unspecified atom stereocenters. The summed E-state index contributed by atoms with van der Waals surface area (Å²) in [5.41, 5.74) is 1.48. The van der Waals surface area contributed by atoms with E-state index in [9.17, 15) is 14.4 Å². The summed E-state index contributed by atoms with van der Waals surface area (Å²) in [6.07, 6.45) is 2.17. The molecule has 1 amide bonds. The van der Waals surface area contributed by atoms with Gasteiger partial charge in [-0.15, -0.1) is 0 Å². The van der Waals surface area contributed by atoms with Crippen LogP contribution in [0.15, 0.2) is 52.4 Å². The number of esters is 1. The van der Waals surface area contributed by atoms with Crippen molar-refractivity contribution in [2.24, 2.45) is 4.99 Å². The lowest BCUT2D eigenvalue weighted by atomic mass is 10.1. The third kappa shape index (κ3) is 5.20. The molecule has 0 bridgehead atoms. The highest BCUT2D eigenvalue weighted by Crippen LogP contribution is 2.32. The number of ether oxygens (including phenoxy) is 4. The fraction of sp³-hybridized carbons (Fsp3) is 0.345. The molecule has 3 aromatic heterocycles. The number of amides is 1. The molecule has 5 rings (SSSR count). The highest BCUT2D eigenvalue weighted by atomic mass is 16.7. The van der Waals surface area contributed by atoms with Gasteiger partial charge in [0.2, 0.25) is 6.79 Å². The average molecular weight is 547 g/mol. The number of carbonyl (C=O) groups is 2. The molecule has 0 saturated heterocycles. The molecule has 1 aliphatic heterocycles. The molecule has 4 aromatic rings. The predicted octanol–water partition coefficient (Wildman–Crippen LogP) is 3.42. The van der Waals surface area contributed by atoms with Crippen LogP contribution in [0, 0.1) is 6.92 Å². The number of fused-ring (bicyclic) bond motifs is 3. The smallest absolute Gasteiger partial charge is 0.341 e. The molecule has 208 valence electrons. The van der Waals surface area contributed by atoms with Gasteiger partial charge in [-0.2, -0.15) is 4.99 Å². The maximum Gasteiger partial charge on any atom is 0.341 e. The van der Waals surface area contributed by atoms with Crippen LogP contribution in [0.25, 0.3) is 16.7 Å². The summed E-state index contributed by atoms with van der Waals surface area (Å²) in [6, 6.07) is 9.77. The van der Waals surface area contributed by atoms with Gasteiger partial charge >= 0.3 is 5.97 Å². The molecule has 4 heterocycles. The molecule has 1 aromatic carbocycles. The van der Waals surface area contributed by atoms with Crippen molar-refractivity contribution in [1.82, 2.24) is 14.0 Å². The Bertz CT molecular complexity index is 1750. The standard InChI is InChI=1S/C29H30N4O7/c1-5-37-29(36)21-15-20-25(30-24-18(4)8-6-11-33(24)28(20)35)32(12-7-13-38-17(2)3)26(21)31-27(34)19-9-10-22-23(14-19)40-16-39-22/h6,8-11,14-15,17H,5,7,12-13,16H2,1-4H3. The van der Waals surface area contributed by atoms with Crippen LogP contribution >= 0.6 is 0 Å². The number of rotatable bonds is 8. The van der Waals surface area contributed by atoms with Crippen molar-refractivity contribution < 1.29 is 28.5 Å². The normalized spacial score (nSPS) is 13.0. The second-order valence-electron chi connectivity index (χ2n) is 9.55. The van der Waals surface area contributed by atoms with Crippen molar-refractivity contribution in [3.05, 3.63) is 75.1 Å². The Morgan fingerprint density at radius 1 is 1.12 bits per heavy atom. The maximum atomic E-state index is 13.6. The minimum absolute atomic E-state index is 0.0141. The van der Waals surface area contributed by atoms with Gasteiger partial charge in [0.25, 0.3) is 11.5 Å². The first-order valence-electron chi connectivity index (χ1n) is 13.1. The molecular formula is C29H30N4O7. The van der Waals surface area contributed by atoms with E-state index >= 15 is 0 Å². The van der Waals surface area contributed by atoms with Gasteiger partial charge < -0.3 is 23.5 Å². The fourth-order valence-electron chi connectivity index (χ4n) is 4.51. The summed E-state index contributed by atoms with van der Waals surface area (Å²) in [4.78, 5) is 49.5. The summed E-state index contributed by atoms with van der Waals surface area (Å²) in [7, 11) is 0.